The number of aliphatic hydroxyl groups is 1. The zero-order chi connectivity index (χ0) is 13.5. The average Bonchev–Trinajstić information content (AvgIpc) is 2.88. The van der Waals surface area contributed by atoms with Crippen LogP contribution < -0.4 is 0 Å². The van der Waals surface area contributed by atoms with Gasteiger partial charge in [-0.25, -0.2) is 0 Å². The Kier molecular flexibility index (Phi) is 1.91. The molecule has 4 aliphatic rings. The average molecular weight is 264 g/mol. The molecule has 2 heterocycles. The first-order valence-corrected chi connectivity index (χ1v) is 6.69. The van der Waals surface area contributed by atoms with Crippen LogP contribution in [0.15, 0.2) is 0 Å². The number of hydrogen-bond acceptors (Lipinski definition) is 6. The van der Waals surface area contributed by atoms with E-state index in [4.69, 9.17) is 20.3 Å². The van der Waals surface area contributed by atoms with E-state index in [1.165, 1.54) is 0 Å². The molecule has 6 nitrogen and oxygen atoms in total. The number of cyclic esters (lactones) is 1. The van der Waals surface area contributed by atoms with Gasteiger partial charge < -0.3 is 14.6 Å². The fourth-order valence-corrected chi connectivity index (χ4v) is 4.91. The highest BCUT2D eigenvalue weighted by Crippen LogP contribution is 2.64. The quantitative estimate of drug-likeness (QED) is 0.561. The van der Waals surface area contributed by atoms with Gasteiger partial charge in [-0.1, -0.05) is 0 Å². The lowest BCUT2D eigenvalue weighted by atomic mass is 9.66. The van der Waals surface area contributed by atoms with Gasteiger partial charge in [-0.3, -0.25) is 15.6 Å². The summed E-state index contributed by atoms with van der Waals surface area (Å²) in [6.45, 7) is 1.57. The summed E-state index contributed by atoms with van der Waals surface area (Å²) >= 11 is 0. The van der Waals surface area contributed by atoms with Crippen molar-refractivity contribution in [2.75, 3.05) is 0 Å². The molecule has 0 spiro atoms. The summed E-state index contributed by atoms with van der Waals surface area (Å²) in [7, 11) is 0. The number of carbonyl (C=O) groups excluding carboxylic acids is 1. The van der Waals surface area contributed by atoms with Gasteiger partial charge in [0.05, 0.1) is 11.8 Å². The predicted octanol–water partition coefficient (Wildman–Crippen LogP) is 0.741. The number of esters is 1. The van der Waals surface area contributed by atoms with E-state index in [1.54, 1.807) is 6.92 Å². The van der Waals surface area contributed by atoms with Gasteiger partial charge in [-0.05, 0) is 24.2 Å². The molecule has 0 radical (unpaired) electrons. The first-order chi connectivity index (χ1) is 8.89. The zero-order valence-corrected chi connectivity index (χ0v) is 10.6. The molecule has 0 aromatic rings. The third kappa shape index (κ3) is 1.27. The molecule has 0 aromatic heterocycles. The normalized spacial score (nSPS) is 54.7. The molecule has 2 aliphatic heterocycles. The molecule has 0 aromatic carbocycles. The molecule has 2 aliphatic carbocycles. The Labute approximate surface area is 110 Å². The zero-order valence-electron chi connectivity index (χ0n) is 10.6. The summed E-state index contributed by atoms with van der Waals surface area (Å²) in [5, 5.41) is 25.9. The Balaban J connectivity index is 1.74. The standard InChI is InChI=1S/C13H16N2O4/c1-13(17)3-6-4-2-5(7(6)11(15)19-13)8-9(4)12(16)18-10(8)14/h4-9,14-15,17H,2-3H2,1H3. The second kappa shape index (κ2) is 3.17. The summed E-state index contributed by atoms with van der Waals surface area (Å²) in [6.07, 6.45) is 1.29. The van der Waals surface area contributed by atoms with Crippen LogP contribution in [-0.2, 0) is 14.3 Å². The van der Waals surface area contributed by atoms with Crippen LogP contribution in [0.3, 0.4) is 0 Å². The SMILES string of the molecule is CC1(O)CC2C3CC(C2C(=N)O1)C1C(=N)OC(=O)C31. The van der Waals surface area contributed by atoms with Crippen LogP contribution in [0, 0.1) is 46.3 Å². The van der Waals surface area contributed by atoms with Gasteiger partial charge in [0.1, 0.15) is 0 Å². The summed E-state index contributed by atoms with van der Waals surface area (Å²) in [4.78, 5) is 11.9. The van der Waals surface area contributed by atoms with E-state index < -0.39 is 5.79 Å². The van der Waals surface area contributed by atoms with Gasteiger partial charge in [0, 0.05) is 19.3 Å². The van der Waals surface area contributed by atoms with Crippen molar-refractivity contribution >= 4 is 17.8 Å². The Morgan fingerprint density at radius 3 is 2.63 bits per heavy atom. The maximum atomic E-state index is 11.9. The highest BCUT2D eigenvalue weighted by Gasteiger charge is 2.68. The molecule has 102 valence electrons. The van der Waals surface area contributed by atoms with Gasteiger partial charge >= 0.3 is 5.97 Å². The minimum atomic E-state index is -1.31. The van der Waals surface area contributed by atoms with Crippen molar-refractivity contribution in [3.8, 4) is 0 Å². The monoisotopic (exact) mass is 264 g/mol. The van der Waals surface area contributed by atoms with E-state index in [2.05, 4.69) is 0 Å². The van der Waals surface area contributed by atoms with Crippen molar-refractivity contribution < 1.29 is 19.4 Å². The van der Waals surface area contributed by atoms with Gasteiger partial charge in [0.15, 0.2) is 11.8 Å². The summed E-state index contributed by atoms with van der Waals surface area (Å²) in [5.74, 6) is -1.61. The number of hydrogen-bond donors (Lipinski definition) is 3. The Morgan fingerprint density at radius 2 is 1.89 bits per heavy atom. The predicted molar refractivity (Wildman–Crippen MR) is 63.4 cm³/mol. The van der Waals surface area contributed by atoms with Gasteiger partial charge in [0.2, 0.25) is 5.79 Å². The van der Waals surface area contributed by atoms with Crippen LogP contribution >= 0.6 is 0 Å². The first-order valence-electron chi connectivity index (χ1n) is 6.69. The maximum absolute atomic E-state index is 11.9. The van der Waals surface area contributed by atoms with Crippen LogP contribution in [0.4, 0.5) is 0 Å². The van der Waals surface area contributed by atoms with E-state index in [1.807, 2.05) is 0 Å². The van der Waals surface area contributed by atoms with Gasteiger partial charge in [0.25, 0.3) is 0 Å². The van der Waals surface area contributed by atoms with Gasteiger partial charge in [-0.2, -0.15) is 0 Å². The van der Waals surface area contributed by atoms with Crippen LogP contribution in [0.25, 0.3) is 0 Å². The molecular weight excluding hydrogens is 248 g/mol. The van der Waals surface area contributed by atoms with Crippen molar-refractivity contribution in [3.05, 3.63) is 0 Å². The smallest absolute Gasteiger partial charge is 0.316 e. The van der Waals surface area contributed by atoms with Crippen molar-refractivity contribution in [2.24, 2.45) is 35.5 Å². The Hall–Kier alpha value is -1.43. The minimum Gasteiger partial charge on any atom is -0.450 e. The molecule has 2 saturated carbocycles. The molecule has 4 fully saturated rings. The molecule has 7 unspecified atom stereocenters. The fraction of sp³-hybridized carbons (Fsp3) is 0.769. The molecule has 19 heavy (non-hydrogen) atoms. The molecule has 2 saturated heterocycles. The number of carbonyl (C=O) groups is 1. The molecule has 3 N–H and O–H groups in total. The molecule has 4 rings (SSSR count). The van der Waals surface area contributed by atoms with E-state index >= 15 is 0 Å². The van der Waals surface area contributed by atoms with E-state index in [0.717, 1.165) is 6.42 Å². The minimum absolute atomic E-state index is 0.0612. The molecule has 0 amide bonds. The van der Waals surface area contributed by atoms with E-state index in [9.17, 15) is 9.90 Å². The largest absolute Gasteiger partial charge is 0.450 e. The second-order valence-electron chi connectivity index (χ2n) is 6.44. The summed E-state index contributed by atoms with van der Waals surface area (Å²) < 4.78 is 10.3. The lowest BCUT2D eigenvalue weighted by Gasteiger charge is -2.44. The Bertz CT molecular complexity index is 515. The van der Waals surface area contributed by atoms with Gasteiger partial charge in [-0.15, -0.1) is 0 Å². The molecule has 6 heteroatoms. The van der Waals surface area contributed by atoms with Crippen LogP contribution in [0.1, 0.15) is 19.8 Å². The Morgan fingerprint density at radius 1 is 1.16 bits per heavy atom. The molecule has 2 bridgehead atoms. The number of rotatable bonds is 0. The number of nitrogens with one attached hydrogen (secondary N) is 2. The van der Waals surface area contributed by atoms with E-state index in [-0.39, 0.29) is 53.3 Å². The van der Waals surface area contributed by atoms with Crippen LogP contribution in [-0.4, -0.2) is 28.7 Å². The highest BCUT2D eigenvalue weighted by atomic mass is 16.6. The first kappa shape index (κ1) is 11.4. The number of ether oxygens (including phenoxy) is 2. The third-order valence-electron chi connectivity index (χ3n) is 5.36. The lowest BCUT2D eigenvalue weighted by molar-refractivity contribution is -0.177. The molecule has 7 atom stereocenters. The lowest BCUT2D eigenvalue weighted by Crippen LogP contribution is -2.50. The van der Waals surface area contributed by atoms with Crippen LogP contribution in [0.2, 0.25) is 0 Å². The van der Waals surface area contributed by atoms with Crippen molar-refractivity contribution in [3.63, 3.8) is 0 Å². The second-order valence-corrected chi connectivity index (χ2v) is 6.44. The summed E-state index contributed by atoms with van der Waals surface area (Å²) in [6, 6.07) is 0. The molecular formula is C13H16N2O4. The maximum Gasteiger partial charge on any atom is 0.316 e. The fourth-order valence-electron chi connectivity index (χ4n) is 4.91. The third-order valence-corrected chi connectivity index (χ3v) is 5.36. The topological polar surface area (TPSA) is 103 Å². The van der Waals surface area contributed by atoms with Crippen molar-refractivity contribution in [1.82, 2.24) is 0 Å². The highest BCUT2D eigenvalue weighted by molar-refractivity contribution is 5.99. The number of fused-ring (bicyclic) bond motifs is 8. The van der Waals surface area contributed by atoms with Crippen molar-refractivity contribution in [2.45, 2.75) is 25.6 Å². The van der Waals surface area contributed by atoms with Crippen molar-refractivity contribution in [1.29, 1.82) is 10.8 Å². The van der Waals surface area contributed by atoms with E-state index in [0.29, 0.717) is 6.42 Å². The van der Waals surface area contributed by atoms with Crippen LogP contribution in [0.5, 0.6) is 0 Å². The summed E-state index contributed by atoms with van der Waals surface area (Å²) in [5.41, 5.74) is 0.